The standard InChI is InChI=1S/C16H22N2O4/c1-11(19)12-9-13(17(2)10-12)14(20)18(3)16(15(21)22)7-5-4-6-8-16/h9-10H,4-8H2,1-3H3,(H,21,22). The van der Waals surface area contributed by atoms with E-state index in [0.29, 0.717) is 24.1 Å². The fourth-order valence-corrected chi connectivity index (χ4v) is 3.17. The highest BCUT2D eigenvalue weighted by atomic mass is 16.4. The summed E-state index contributed by atoms with van der Waals surface area (Å²) in [7, 11) is 3.23. The molecule has 0 radical (unpaired) electrons. The maximum absolute atomic E-state index is 12.7. The van der Waals surface area contributed by atoms with Crippen molar-refractivity contribution >= 4 is 17.7 Å². The predicted octanol–water partition coefficient (Wildman–Crippen LogP) is 2.09. The summed E-state index contributed by atoms with van der Waals surface area (Å²) in [5.41, 5.74) is -0.359. The van der Waals surface area contributed by atoms with Crippen LogP contribution in [0.1, 0.15) is 59.9 Å². The van der Waals surface area contributed by atoms with Crippen molar-refractivity contribution in [1.29, 1.82) is 0 Å². The minimum atomic E-state index is -1.14. The van der Waals surface area contributed by atoms with Crippen molar-refractivity contribution < 1.29 is 19.5 Å². The van der Waals surface area contributed by atoms with E-state index in [1.165, 1.54) is 17.9 Å². The maximum Gasteiger partial charge on any atom is 0.329 e. The second-order valence-corrected chi connectivity index (χ2v) is 6.04. The lowest BCUT2D eigenvalue weighted by Gasteiger charge is -2.40. The van der Waals surface area contributed by atoms with Gasteiger partial charge in [0.1, 0.15) is 11.2 Å². The number of carboxylic acid groups (broad SMARTS) is 1. The molecule has 2 rings (SSSR count). The molecule has 0 spiro atoms. The Morgan fingerprint density at radius 1 is 1.23 bits per heavy atom. The van der Waals surface area contributed by atoms with Gasteiger partial charge in [-0.25, -0.2) is 4.79 Å². The average molecular weight is 306 g/mol. The third-order valence-corrected chi connectivity index (χ3v) is 4.66. The number of aromatic nitrogens is 1. The van der Waals surface area contributed by atoms with Gasteiger partial charge in [-0.2, -0.15) is 0 Å². The number of carboxylic acids is 1. The third kappa shape index (κ3) is 2.65. The summed E-state index contributed by atoms with van der Waals surface area (Å²) in [5.74, 6) is -1.44. The van der Waals surface area contributed by atoms with Gasteiger partial charge >= 0.3 is 5.97 Å². The molecule has 6 heteroatoms. The fraction of sp³-hybridized carbons (Fsp3) is 0.562. The van der Waals surface area contributed by atoms with Gasteiger partial charge in [-0.1, -0.05) is 19.3 Å². The van der Waals surface area contributed by atoms with Crippen LogP contribution in [0.2, 0.25) is 0 Å². The molecule has 0 aromatic carbocycles. The topological polar surface area (TPSA) is 79.6 Å². The zero-order valence-corrected chi connectivity index (χ0v) is 13.3. The van der Waals surface area contributed by atoms with Crippen molar-refractivity contribution in [2.24, 2.45) is 7.05 Å². The minimum Gasteiger partial charge on any atom is -0.479 e. The summed E-state index contributed by atoms with van der Waals surface area (Å²) in [5, 5.41) is 9.66. The number of amides is 1. The van der Waals surface area contributed by atoms with Crippen molar-refractivity contribution in [3.63, 3.8) is 0 Å². The van der Waals surface area contributed by atoms with Crippen LogP contribution < -0.4 is 0 Å². The zero-order chi connectivity index (χ0) is 16.5. The molecule has 0 saturated heterocycles. The molecule has 1 heterocycles. The van der Waals surface area contributed by atoms with E-state index in [2.05, 4.69) is 0 Å². The van der Waals surface area contributed by atoms with Gasteiger partial charge in [-0.15, -0.1) is 0 Å². The Labute approximate surface area is 129 Å². The van der Waals surface area contributed by atoms with Crippen molar-refractivity contribution in [2.45, 2.75) is 44.6 Å². The van der Waals surface area contributed by atoms with Crippen LogP contribution in [0.5, 0.6) is 0 Å². The number of ketones is 1. The van der Waals surface area contributed by atoms with Crippen LogP contribution in [0.3, 0.4) is 0 Å². The number of nitrogens with zero attached hydrogens (tertiary/aromatic N) is 2. The number of hydrogen-bond donors (Lipinski definition) is 1. The molecule has 1 aliphatic rings. The van der Waals surface area contributed by atoms with Crippen LogP contribution in [-0.2, 0) is 11.8 Å². The highest BCUT2D eigenvalue weighted by Gasteiger charge is 2.46. The summed E-state index contributed by atoms with van der Waals surface area (Å²) in [6, 6.07) is 1.53. The molecule has 0 aliphatic heterocycles. The molecule has 1 saturated carbocycles. The van der Waals surface area contributed by atoms with Gasteiger partial charge in [0.25, 0.3) is 5.91 Å². The van der Waals surface area contributed by atoms with Gasteiger partial charge in [-0.3, -0.25) is 9.59 Å². The second kappa shape index (κ2) is 5.94. The Morgan fingerprint density at radius 3 is 2.27 bits per heavy atom. The zero-order valence-electron chi connectivity index (χ0n) is 13.3. The molecule has 0 unspecified atom stereocenters. The number of Topliss-reactive ketones (excluding diaryl/α,β-unsaturated/α-hetero) is 1. The first-order valence-corrected chi connectivity index (χ1v) is 7.48. The summed E-state index contributed by atoms with van der Waals surface area (Å²) >= 11 is 0. The minimum absolute atomic E-state index is 0.122. The lowest BCUT2D eigenvalue weighted by Crippen LogP contribution is -2.56. The molecule has 6 nitrogen and oxygen atoms in total. The van der Waals surface area contributed by atoms with E-state index in [1.54, 1.807) is 24.9 Å². The van der Waals surface area contributed by atoms with Crippen LogP contribution in [0.4, 0.5) is 0 Å². The van der Waals surface area contributed by atoms with Crippen molar-refractivity contribution in [1.82, 2.24) is 9.47 Å². The van der Waals surface area contributed by atoms with E-state index in [-0.39, 0.29) is 11.7 Å². The van der Waals surface area contributed by atoms with Crippen molar-refractivity contribution in [3.8, 4) is 0 Å². The third-order valence-electron chi connectivity index (χ3n) is 4.66. The number of likely N-dealkylation sites (N-methyl/N-ethyl adjacent to an activating group) is 1. The number of carbonyl (C=O) groups is 3. The monoisotopic (exact) mass is 306 g/mol. The predicted molar refractivity (Wildman–Crippen MR) is 81.0 cm³/mol. The lowest BCUT2D eigenvalue weighted by atomic mass is 9.80. The number of aryl methyl sites for hydroxylation is 1. The van der Waals surface area contributed by atoms with Gasteiger partial charge < -0.3 is 14.6 Å². The molecule has 1 N–H and O–H groups in total. The summed E-state index contributed by atoms with van der Waals surface area (Å²) in [6.07, 6.45) is 5.13. The van der Waals surface area contributed by atoms with Crippen molar-refractivity contribution in [3.05, 3.63) is 23.5 Å². The first-order valence-electron chi connectivity index (χ1n) is 7.48. The van der Waals surface area contributed by atoms with Gasteiger partial charge in [0.05, 0.1) is 0 Å². The molecule has 1 aromatic heterocycles. The second-order valence-electron chi connectivity index (χ2n) is 6.04. The van der Waals surface area contributed by atoms with E-state index >= 15 is 0 Å². The molecule has 1 aromatic rings. The fourth-order valence-electron chi connectivity index (χ4n) is 3.17. The Morgan fingerprint density at radius 2 is 1.82 bits per heavy atom. The van der Waals surface area contributed by atoms with Crippen LogP contribution in [0.15, 0.2) is 12.3 Å². The maximum atomic E-state index is 12.7. The molecule has 0 atom stereocenters. The molecule has 120 valence electrons. The molecule has 0 bridgehead atoms. The molecule has 22 heavy (non-hydrogen) atoms. The summed E-state index contributed by atoms with van der Waals surface area (Å²) in [6.45, 7) is 1.44. The average Bonchev–Trinajstić information content (AvgIpc) is 2.88. The Bertz CT molecular complexity index is 612. The van der Waals surface area contributed by atoms with E-state index < -0.39 is 11.5 Å². The van der Waals surface area contributed by atoms with E-state index in [1.807, 2.05) is 0 Å². The molecule has 1 fully saturated rings. The molecule has 1 amide bonds. The SMILES string of the molecule is CC(=O)c1cc(C(=O)N(C)C2(C(=O)O)CCCCC2)n(C)c1. The van der Waals surface area contributed by atoms with E-state index in [4.69, 9.17) is 0 Å². The summed E-state index contributed by atoms with van der Waals surface area (Å²) < 4.78 is 1.58. The number of carbonyl (C=O) groups excluding carboxylic acids is 2. The van der Waals surface area contributed by atoms with E-state index in [9.17, 15) is 19.5 Å². The molecule has 1 aliphatic carbocycles. The van der Waals surface area contributed by atoms with E-state index in [0.717, 1.165) is 19.3 Å². The Balaban J connectivity index is 2.35. The normalized spacial score (nSPS) is 17.0. The van der Waals surface area contributed by atoms with Gasteiger partial charge in [0, 0.05) is 25.9 Å². The smallest absolute Gasteiger partial charge is 0.329 e. The largest absolute Gasteiger partial charge is 0.479 e. The molecular weight excluding hydrogens is 284 g/mol. The Hall–Kier alpha value is -2.11. The van der Waals surface area contributed by atoms with Gasteiger partial charge in [0.15, 0.2) is 5.78 Å². The quantitative estimate of drug-likeness (QED) is 0.864. The first kappa shape index (κ1) is 16.3. The molecular formula is C16H22N2O4. The summed E-state index contributed by atoms with van der Waals surface area (Å²) in [4.78, 5) is 37.3. The van der Waals surface area contributed by atoms with Crippen LogP contribution >= 0.6 is 0 Å². The first-order chi connectivity index (χ1) is 10.3. The van der Waals surface area contributed by atoms with Crippen LogP contribution in [0.25, 0.3) is 0 Å². The van der Waals surface area contributed by atoms with Gasteiger partial charge in [0.2, 0.25) is 0 Å². The highest BCUT2D eigenvalue weighted by Crippen LogP contribution is 2.34. The highest BCUT2D eigenvalue weighted by molar-refractivity contribution is 6.00. The van der Waals surface area contributed by atoms with Crippen LogP contribution in [-0.4, -0.2) is 44.8 Å². The van der Waals surface area contributed by atoms with Crippen LogP contribution in [0, 0.1) is 0 Å². The number of rotatable bonds is 4. The number of hydrogen-bond acceptors (Lipinski definition) is 3. The van der Waals surface area contributed by atoms with Crippen molar-refractivity contribution in [2.75, 3.05) is 7.05 Å². The Kier molecular flexibility index (Phi) is 4.39. The number of aliphatic carboxylic acids is 1. The van der Waals surface area contributed by atoms with Gasteiger partial charge in [-0.05, 0) is 25.8 Å². The lowest BCUT2D eigenvalue weighted by molar-refractivity contribution is -0.151.